The van der Waals surface area contributed by atoms with E-state index in [1.165, 1.54) is 13.0 Å². The highest BCUT2D eigenvalue weighted by Crippen LogP contribution is 2.32. The first kappa shape index (κ1) is 14.2. The van der Waals surface area contributed by atoms with Gasteiger partial charge in [-0.3, -0.25) is 4.79 Å². The molecule has 0 aliphatic rings. The van der Waals surface area contributed by atoms with E-state index in [4.69, 9.17) is 11.6 Å². The van der Waals surface area contributed by atoms with Crippen LogP contribution in [-0.2, 0) is 4.79 Å². The molecule has 0 spiro atoms. The average molecular weight is 285 g/mol. The van der Waals surface area contributed by atoms with Crippen molar-refractivity contribution in [1.82, 2.24) is 0 Å². The molecule has 7 heteroatoms. The number of halogens is 4. The van der Waals surface area contributed by atoms with Crippen LogP contribution in [-0.4, -0.2) is 12.1 Å². The summed E-state index contributed by atoms with van der Waals surface area (Å²) in [5.41, 5.74) is 0.184. The summed E-state index contributed by atoms with van der Waals surface area (Å²) < 4.78 is 39.7. The first-order chi connectivity index (χ1) is 7.70. The van der Waals surface area contributed by atoms with Gasteiger partial charge < -0.3 is 4.74 Å². The summed E-state index contributed by atoms with van der Waals surface area (Å²) in [5.74, 6) is -0.816. The van der Waals surface area contributed by atoms with Crippen LogP contribution in [0.4, 0.5) is 13.2 Å². The molecule has 0 heterocycles. The molecule has 1 aromatic rings. The third-order valence-corrected chi connectivity index (χ3v) is 2.81. The predicted octanol–water partition coefficient (Wildman–Crippen LogP) is 3.74. The molecule has 1 rings (SSSR count). The summed E-state index contributed by atoms with van der Waals surface area (Å²) in [7, 11) is 0. The Kier molecular flexibility index (Phi) is 4.32. The van der Waals surface area contributed by atoms with E-state index in [9.17, 15) is 18.0 Å². The molecule has 0 aliphatic heterocycles. The van der Waals surface area contributed by atoms with Crippen LogP contribution in [0, 0.1) is 0 Å². The minimum Gasteiger partial charge on any atom is -0.406 e. The van der Waals surface area contributed by atoms with Crippen molar-refractivity contribution in [2.45, 2.75) is 23.6 Å². The van der Waals surface area contributed by atoms with Gasteiger partial charge in [0.2, 0.25) is 0 Å². The fourth-order valence-electron chi connectivity index (χ4n) is 1.15. The van der Waals surface area contributed by atoms with Crippen molar-refractivity contribution < 1.29 is 22.7 Å². The Morgan fingerprint density at radius 3 is 2.53 bits per heavy atom. The zero-order valence-corrected chi connectivity index (χ0v) is 10.2. The molecule has 17 heavy (non-hydrogen) atoms. The zero-order chi connectivity index (χ0) is 13.2. The van der Waals surface area contributed by atoms with E-state index in [1.807, 2.05) is 0 Å². The second-order valence-corrected chi connectivity index (χ2v) is 4.16. The summed E-state index contributed by atoms with van der Waals surface area (Å²) in [6, 6.07) is 3.44. The minimum atomic E-state index is -4.78. The Morgan fingerprint density at radius 2 is 2.06 bits per heavy atom. The van der Waals surface area contributed by atoms with Crippen molar-refractivity contribution >= 4 is 30.0 Å². The first-order valence-corrected chi connectivity index (χ1v) is 5.32. The second-order valence-electron chi connectivity index (χ2n) is 3.24. The van der Waals surface area contributed by atoms with Gasteiger partial charge in [0.05, 0.1) is 0 Å². The number of hydrogen-bond acceptors (Lipinski definition) is 3. The maximum absolute atomic E-state index is 12.0. The van der Waals surface area contributed by atoms with Crippen LogP contribution in [0.25, 0.3) is 0 Å². The zero-order valence-electron chi connectivity index (χ0n) is 8.58. The van der Waals surface area contributed by atoms with Crippen molar-refractivity contribution in [1.29, 1.82) is 0 Å². The molecule has 0 aliphatic carbocycles. The normalized spacial score (nSPS) is 13.3. The number of carbonyl (C=O) groups excluding carboxylic acids is 1. The molecule has 94 valence electrons. The van der Waals surface area contributed by atoms with Gasteiger partial charge >= 0.3 is 6.36 Å². The van der Waals surface area contributed by atoms with Crippen LogP contribution < -0.4 is 4.74 Å². The Morgan fingerprint density at radius 1 is 1.47 bits per heavy atom. The molecule has 0 saturated heterocycles. The molecule has 1 aromatic carbocycles. The van der Waals surface area contributed by atoms with Gasteiger partial charge in [-0.05, 0) is 30.7 Å². The third-order valence-electron chi connectivity index (χ3n) is 1.86. The standard InChI is InChI=1S/C10H8ClF3O2S/c1-5(15)9(11)7-4-6(2-3-8(7)17)16-10(12,13)14/h2-4,9,17H,1H3. The van der Waals surface area contributed by atoms with Crippen molar-refractivity contribution in [3.8, 4) is 5.75 Å². The van der Waals surface area contributed by atoms with Crippen LogP contribution in [0.5, 0.6) is 5.75 Å². The SMILES string of the molecule is CC(=O)C(Cl)c1cc(OC(F)(F)F)ccc1S. The van der Waals surface area contributed by atoms with E-state index in [0.29, 0.717) is 4.90 Å². The van der Waals surface area contributed by atoms with Gasteiger partial charge in [-0.25, -0.2) is 0 Å². The van der Waals surface area contributed by atoms with E-state index >= 15 is 0 Å². The van der Waals surface area contributed by atoms with Gasteiger partial charge in [0.15, 0.2) is 5.78 Å². The highest BCUT2D eigenvalue weighted by Gasteiger charge is 2.31. The van der Waals surface area contributed by atoms with E-state index in [0.717, 1.165) is 12.1 Å². The lowest BCUT2D eigenvalue weighted by molar-refractivity contribution is -0.274. The number of Topliss-reactive ketones (excluding diaryl/α,β-unsaturated/α-hetero) is 1. The second kappa shape index (κ2) is 5.18. The summed E-state index contributed by atoms with van der Waals surface area (Å²) in [6.45, 7) is 1.24. The molecule has 1 unspecified atom stereocenters. The Balaban J connectivity index is 3.06. The molecule has 0 bridgehead atoms. The van der Waals surface area contributed by atoms with Crippen LogP contribution in [0.3, 0.4) is 0 Å². The van der Waals surface area contributed by atoms with Gasteiger partial charge in [-0.15, -0.1) is 37.4 Å². The average Bonchev–Trinajstić information content (AvgIpc) is 2.17. The third kappa shape index (κ3) is 4.12. The largest absolute Gasteiger partial charge is 0.573 e. The van der Waals surface area contributed by atoms with E-state index in [-0.39, 0.29) is 11.3 Å². The molecular weight excluding hydrogens is 277 g/mol. The summed E-state index contributed by atoms with van der Waals surface area (Å²) in [4.78, 5) is 11.4. The molecule has 1 atom stereocenters. The fraction of sp³-hybridized carbons (Fsp3) is 0.300. The lowest BCUT2D eigenvalue weighted by Gasteiger charge is -2.13. The highest BCUT2D eigenvalue weighted by molar-refractivity contribution is 7.80. The van der Waals surface area contributed by atoms with Crippen molar-refractivity contribution in [2.75, 3.05) is 0 Å². The van der Waals surface area contributed by atoms with Gasteiger partial charge in [0, 0.05) is 4.90 Å². The lowest BCUT2D eigenvalue weighted by atomic mass is 10.1. The quantitative estimate of drug-likeness (QED) is 0.676. The number of rotatable bonds is 3. The van der Waals surface area contributed by atoms with Crippen molar-refractivity contribution in [3.63, 3.8) is 0 Å². The number of carbonyl (C=O) groups is 1. The summed E-state index contributed by atoms with van der Waals surface area (Å²) in [6.07, 6.45) is -4.78. The maximum Gasteiger partial charge on any atom is 0.573 e. The lowest BCUT2D eigenvalue weighted by Crippen LogP contribution is -2.17. The number of thiol groups is 1. The van der Waals surface area contributed by atoms with Crippen LogP contribution in [0.2, 0.25) is 0 Å². The topological polar surface area (TPSA) is 26.3 Å². The Labute approximate surface area is 106 Å². The number of hydrogen-bond donors (Lipinski definition) is 1. The fourth-order valence-corrected chi connectivity index (χ4v) is 1.68. The van der Waals surface area contributed by atoms with E-state index in [2.05, 4.69) is 17.4 Å². The molecule has 0 radical (unpaired) electrons. The number of ketones is 1. The monoisotopic (exact) mass is 284 g/mol. The Hall–Kier alpha value is -0.880. The molecule has 0 saturated carbocycles. The van der Waals surface area contributed by atoms with Crippen molar-refractivity contribution in [2.24, 2.45) is 0 Å². The Bertz CT molecular complexity index is 434. The maximum atomic E-state index is 12.0. The highest BCUT2D eigenvalue weighted by atomic mass is 35.5. The van der Waals surface area contributed by atoms with Crippen LogP contribution >= 0.6 is 24.2 Å². The smallest absolute Gasteiger partial charge is 0.406 e. The van der Waals surface area contributed by atoms with Crippen LogP contribution in [0.15, 0.2) is 23.1 Å². The molecular formula is C10H8ClF3O2S. The summed E-state index contributed by atoms with van der Waals surface area (Å²) in [5, 5.41) is -1.04. The van der Waals surface area contributed by atoms with Gasteiger partial charge in [0.1, 0.15) is 11.1 Å². The number of alkyl halides is 4. The molecule has 0 amide bonds. The molecule has 0 N–H and O–H groups in total. The van der Waals surface area contributed by atoms with Crippen molar-refractivity contribution in [3.05, 3.63) is 23.8 Å². The minimum absolute atomic E-state index is 0.184. The number of benzene rings is 1. The first-order valence-electron chi connectivity index (χ1n) is 4.44. The van der Waals surface area contributed by atoms with Gasteiger partial charge in [-0.1, -0.05) is 0 Å². The molecule has 0 aromatic heterocycles. The predicted molar refractivity (Wildman–Crippen MR) is 59.7 cm³/mol. The van der Waals surface area contributed by atoms with Gasteiger partial charge in [0.25, 0.3) is 0 Å². The van der Waals surface area contributed by atoms with Crippen LogP contribution in [0.1, 0.15) is 17.9 Å². The molecule has 2 nitrogen and oxygen atoms in total. The van der Waals surface area contributed by atoms with E-state index in [1.54, 1.807) is 0 Å². The van der Waals surface area contributed by atoms with Gasteiger partial charge in [-0.2, -0.15) is 0 Å². The molecule has 0 fully saturated rings. The van der Waals surface area contributed by atoms with E-state index < -0.39 is 17.5 Å². The number of ether oxygens (including phenoxy) is 1. The summed E-state index contributed by atoms with van der Waals surface area (Å²) >= 11 is 9.77.